The summed E-state index contributed by atoms with van der Waals surface area (Å²) in [6.07, 6.45) is 0. The van der Waals surface area contributed by atoms with Gasteiger partial charge in [0.15, 0.2) is 5.78 Å². The topological polar surface area (TPSA) is 69.7 Å². The Morgan fingerprint density at radius 2 is 1.76 bits per heavy atom. The molecular formula is C17H16F2O5S. The third kappa shape index (κ3) is 4.33. The quantitative estimate of drug-likeness (QED) is 0.698. The fourth-order valence-corrected chi connectivity index (χ4v) is 2.80. The number of carbonyl (C=O) groups excluding carboxylic acids is 1. The number of ether oxygens (including phenoxy) is 2. The summed E-state index contributed by atoms with van der Waals surface area (Å²) in [4.78, 5) is 11.2. The molecule has 0 bridgehead atoms. The number of halogens is 2. The van der Waals surface area contributed by atoms with Crippen LogP contribution in [0.3, 0.4) is 0 Å². The Hall–Kier alpha value is -2.48. The fourth-order valence-electron chi connectivity index (χ4n) is 2.08. The third-order valence-corrected chi connectivity index (χ3v) is 4.85. The van der Waals surface area contributed by atoms with Gasteiger partial charge in [-0.05, 0) is 36.8 Å². The van der Waals surface area contributed by atoms with E-state index in [2.05, 4.69) is 0 Å². The highest BCUT2D eigenvalue weighted by Gasteiger charge is 2.26. The Kier molecular flexibility index (Phi) is 5.73. The van der Waals surface area contributed by atoms with E-state index in [1.54, 1.807) is 18.2 Å². The molecule has 0 aliphatic carbocycles. The molecule has 134 valence electrons. The number of Topliss-reactive ketones (excluding diaryl/α,β-unsaturated/α-hetero) is 1. The monoisotopic (exact) mass is 370 g/mol. The molecule has 0 atom stereocenters. The zero-order valence-electron chi connectivity index (χ0n) is 13.5. The molecule has 0 fully saturated rings. The van der Waals surface area contributed by atoms with Crippen molar-refractivity contribution in [2.75, 3.05) is 7.11 Å². The van der Waals surface area contributed by atoms with Gasteiger partial charge in [-0.25, -0.2) is 8.42 Å². The van der Waals surface area contributed by atoms with E-state index < -0.39 is 20.5 Å². The first-order valence-corrected chi connectivity index (χ1v) is 8.73. The van der Waals surface area contributed by atoms with Crippen molar-refractivity contribution in [2.45, 2.75) is 24.2 Å². The van der Waals surface area contributed by atoms with Crippen LogP contribution in [0.4, 0.5) is 8.78 Å². The number of hydrogen-bond donors (Lipinski definition) is 0. The van der Waals surface area contributed by atoms with Crippen LogP contribution < -0.4 is 9.47 Å². The van der Waals surface area contributed by atoms with Crippen molar-refractivity contribution in [3.63, 3.8) is 0 Å². The van der Waals surface area contributed by atoms with Crippen LogP contribution in [0.25, 0.3) is 0 Å². The van der Waals surface area contributed by atoms with E-state index in [-0.39, 0.29) is 12.4 Å². The van der Waals surface area contributed by atoms with E-state index in [0.29, 0.717) is 22.6 Å². The van der Waals surface area contributed by atoms with Crippen molar-refractivity contribution in [1.29, 1.82) is 0 Å². The van der Waals surface area contributed by atoms with E-state index >= 15 is 0 Å². The van der Waals surface area contributed by atoms with Gasteiger partial charge >= 0.3 is 5.76 Å². The third-order valence-electron chi connectivity index (χ3n) is 3.45. The van der Waals surface area contributed by atoms with Crippen molar-refractivity contribution in [3.8, 4) is 11.5 Å². The van der Waals surface area contributed by atoms with E-state index in [4.69, 9.17) is 9.47 Å². The van der Waals surface area contributed by atoms with Gasteiger partial charge in [-0.15, -0.1) is 0 Å². The van der Waals surface area contributed by atoms with Crippen LogP contribution in [-0.2, 0) is 16.4 Å². The average Bonchev–Trinajstić information content (AvgIpc) is 2.59. The van der Waals surface area contributed by atoms with Gasteiger partial charge < -0.3 is 9.47 Å². The number of hydrogen-bond acceptors (Lipinski definition) is 5. The smallest absolute Gasteiger partial charge is 0.341 e. The molecule has 0 aliphatic rings. The van der Waals surface area contributed by atoms with E-state index in [1.165, 1.54) is 26.2 Å². The Bertz CT molecular complexity index is 861. The largest absolute Gasteiger partial charge is 0.497 e. The highest BCUT2D eigenvalue weighted by atomic mass is 32.2. The summed E-state index contributed by atoms with van der Waals surface area (Å²) in [5, 5.41) is 0. The first-order valence-electron chi connectivity index (χ1n) is 7.18. The lowest BCUT2D eigenvalue weighted by Gasteiger charge is -2.12. The minimum Gasteiger partial charge on any atom is -0.497 e. The number of sulfone groups is 1. The number of benzene rings is 2. The summed E-state index contributed by atoms with van der Waals surface area (Å²) in [6, 6.07) is 9.72. The van der Waals surface area contributed by atoms with Gasteiger partial charge in [0.1, 0.15) is 18.1 Å². The summed E-state index contributed by atoms with van der Waals surface area (Å²) >= 11 is 0. The molecule has 0 N–H and O–H groups in total. The maximum absolute atomic E-state index is 12.5. The number of rotatable bonds is 7. The lowest BCUT2D eigenvalue weighted by atomic mass is 10.1. The normalized spacial score (nSPS) is 11.4. The number of alkyl halides is 2. The van der Waals surface area contributed by atoms with Crippen molar-refractivity contribution in [1.82, 2.24) is 0 Å². The molecule has 0 amide bonds. The van der Waals surface area contributed by atoms with Crippen LogP contribution in [0, 0.1) is 0 Å². The molecule has 2 aromatic rings. The molecule has 2 aromatic carbocycles. The average molecular weight is 370 g/mol. The molecule has 0 aliphatic heterocycles. The second-order valence-corrected chi connectivity index (χ2v) is 7.07. The Morgan fingerprint density at radius 1 is 1.12 bits per heavy atom. The van der Waals surface area contributed by atoms with Gasteiger partial charge in [-0.3, -0.25) is 4.79 Å². The van der Waals surface area contributed by atoms with Crippen LogP contribution in [-0.4, -0.2) is 27.1 Å². The summed E-state index contributed by atoms with van der Waals surface area (Å²) in [7, 11) is -3.14. The van der Waals surface area contributed by atoms with Crippen LogP contribution in [0.1, 0.15) is 22.8 Å². The van der Waals surface area contributed by atoms with E-state index in [9.17, 15) is 22.0 Å². The van der Waals surface area contributed by atoms with Crippen molar-refractivity contribution >= 4 is 15.6 Å². The maximum atomic E-state index is 12.5. The predicted octanol–water partition coefficient (Wildman–Crippen LogP) is 3.47. The van der Waals surface area contributed by atoms with Gasteiger partial charge in [0, 0.05) is 6.07 Å². The molecule has 25 heavy (non-hydrogen) atoms. The Labute approximate surface area is 144 Å². The van der Waals surface area contributed by atoms with Gasteiger partial charge in [-0.1, -0.05) is 12.1 Å². The van der Waals surface area contributed by atoms with Gasteiger partial charge in [0.05, 0.1) is 17.6 Å². The molecule has 0 unspecified atom stereocenters. The summed E-state index contributed by atoms with van der Waals surface area (Å²) in [5.41, 5.74) is 0.934. The fraction of sp³-hybridized carbons (Fsp3) is 0.235. The molecule has 8 heteroatoms. The van der Waals surface area contributed by atoms with Crippen LogP contribution in [0.5, 0.6) is 11.5 Å². The predicted molar refractivity (Wildman–Crippen MR) is 87.0 cm³/mol. The first-order chi connectivity index (χ1) is 11.8. The zero-order chi connectivity index (χ0) is 18.6. The highest BCUT2D eigenvalue weighted by molar-refractivity contribution is 7.91. The van der Waals surface area contributed by atoms with Crippen molar-refractivity contribution in [2.24, 2.45) is 0 Å². The number of carbonyl (C=O) groups is 1. The SMILES string of the molecule is COc1ccc(C(C)=O)c(OCc2ccc(S(=O)(=O)C(F)F)cc2)c1. The summed E-state index contributed by atoms with van der Waals surface area (Å²) in [6.45, 7) is 1.43. The second-order valence-electron chi connectivity index (χ2n) is 5.16. The molecular weight excluding hydrogens is 354 g/mol. The van der Waals surface area contributed by atoms with Crippen LogP contribution in [0.2, 0.25) is 0 Å². The standard InChI is InChI=1S/C17H16F2O5S/c1-11(20)15-8-5-13(23-2)9-16(15)24-10-12-3-6-14(7-4-12)25(21,22)17(18)19/h3-9,17H,10H2,1-2H3. The van der Waals surface area contributed by atoms with E-state index in [0.717, 1.165) is 12.1 Å². The van der Waals surface area contributed by atoms with Crippen molar-refractivity contribution < 1.29 is 31.5 Å². The summed E-state index contributed by atoms with van der Waals surface area (Å²) in [5.74, 6) is -2.82. The lowest BCUT2D eigenvalue weighted by Crippen LogP contribution is -2.11. The molecule has 0 aromatic heterocycles. The van der Waals surface area contributed by atoms with Gasteiger partial charge in [-0.2, -0.15) is 8.78 Å². The van der Waals surface area contributed by atoms with Crippen LogP contribution >= 0.6 is 0 Å². The van der Waals surface area contributed by atoms with Crippen molar-refractivity contribution in [3.05, 3.63) is 53.6 Å². The summed E-state index contributed by atoms with van der Waals surface area (Å²) < 4.78 is 58.5. The minimum absolute atomic E-state index is 0.0302. The molecule has 0 radical (unpaired) electrons. The molecule has 0 saturated heterocycles. The molecule has 0 spiro atoms. The molecule has 2 rings (SSSR count). The molecule has 5 nitrogen and oxygen atoms in total. The highest BCUT2D eigenvalue weighted by Crippen LogP contribution is 2.26. The number of methoxy groups -OCH3 is 1. The molecule has 0 saturated carbocycles. The molecule has 0 heterocycles. The van der Waals surface area contributed by atoms with Gasteiger partial charge in [0.25, 0.3) is 0 Å². The maximum Gasteiger partial charge on any atom is 0.341 e. The zero-order valence-corrected chi connectivity index (χ0v) is 14.3. The second kappa shape index (κ2) is 7.60. The van der Waals surface area contributed by atoms with E-state index in [1.807, 2.05) is 0 Å². The van der Waals surface area contributed by atoms with Gasteiger partial charge in [0.2, 0.25) is 9.84 Å². The Balaban J connectivity index is 2.18. The lowest BCUT2D eigenvalue weighted by molar-refractivity contribution is 0.101. The first kappa shape index (κ1) is 18.9. The van der Waals surface area contributed by atoms with Crippen LogP contribution in [0.15, 0.2) is 47.4 Å². The minimum atomic E-state index is -4.62. The number of ketones is 1. The Morgan fingerprint density at radius 3 is 2.28 bits per heavy atom.